The molecule has 170 valence electrons. The van der Waals surface area contributed by atoms with Gasteiger partial charge in [0, 0.05) is 18.7 Å². The zero-order chi connectivity index (χ0) is 24.1. The van der Waals surface area contributed by atoms with Crippen LogP contribution in [-0.2, 0) is 11.2 Å². The van der Waals surface area contributed by atoms with Gasteiger partial charge < -0.3 is 4.74 Å². The fraction of sp³-hybridized carbons (Fsp3) is 0.0800. The van der Waals surface area contributed by atoms with Crippen LogP contribution in [0.2, 0.25) is 0 Å². The van der Waals surface area contributed by atoms with Gasteiger partial charge in [-0.15, -0.1) is 0 Å². The molecule has 34 heavy (non-hydrogen) atoms. The Morgan fingerprint density at radius 2 is 1.79 bits per heavy atom. The summed E-state index contributed by atoms with van der Waals surface area (Å²) in [6.07, 6.45) is 2.46. The first-order valence-corrected chi connectivity index (χ1v) is 11.5. The molecule has 1 heterocycles. The van der Waals surface area contributed by atoms with Crippen LogP contribution in [0.3, 0.4) is 0 Å². The van der Waals surface area contributed by atoms with E-state index in [0.29, 0.717) is 22.2 Å². The minimum absolute atomic E-state index is 0.0810. The van der Waals surface area contributed by atoms with Crippen LogP contribution in [0.25, 0.3) is 6.08 Å². The van der Waals surface area contributed by atoms with Crippen LogP contribution in [0.15, 0.2) is 83.8 Å². The maximum Gasteiger partial charge on any atom is 0.343 e. The lowest BCUT2D eigenvalue weighted by Crippen LogP contribution is -2.30. The van der Waals surface area contributed by atoms with Crippen LogP contribution in [-0.4, -0.2) is 32.6 Å². The monoisotopic (exact) mass is 490 g/mol. The van der Waals surface area contributed by atoms with Gasteiger partial charge in [0.25, 0.3) is 11.6 Å². The zero-order valence-electron chi connectivity index (χ0n) is 17.7. The minimum atomic E-state index is -0.698. The summed E-state index contributed by atoms with van der Waals surface area (Å²) in [6, 6.07) is 21.9. The van der Waals surface area contributed by atoms with Crippen molar-refractivity contribution in [3.05, 3.63) is 111 Å². The fourth-order valence-corrected chi connectivity index (χ4v) is 4.58. The second-order valence-corrected chi connectivity index (χ2v) is 9.01. The highest BCUT2D eigenvalue weighted by Gasteiger charge is 2.31. The van der Waals surface area contributed by atoms with Gasteiger partial charge in [-0.25, -0.2) is 4.79 Å². The second-order valence-electron chi connectivity index (χ2n) is 7.33. The predicted octanol–water partition coefficient (Wildman–Crippen LogP) is 5.26. The van der Waals surface area contributed by atoms with Crippen molar-refractivity contribution < 1.29 is 19.2 Å². The average molecular weight is 491 g/mol. The number of nitro groups is 1. The van der Waals surface area contributed by atoms with E-state index < -0.39 is 10.9 Å². The Labute approximate surface area is 205 Å². The Hall–Kier alpha value is -3.82. The topological polar surface area (TPSA) is 89.8 Å². The van der Waals surface area contributed by atoms with Crippen molar-refractivity contribution >= 4 is 51.9 Å². The largest absolute Gasteiger partial charge is 0.423 e. The van der Waals surface area contributed by atoms with Crippen LogP contribution >= 0.6 is 24.0 Å². The van der Waals surface area contributed by atoms with Crippen molar-refractivity contribution in [2.24, 2.45) is 0 Å². The molecule has 4 rings (SSSR count). The normalized spacial score (nSPS) is 14.5. The van der Waals surface area contributed by atoms with Gasteiger partial charge in [0.2, 0.25) is 0 Å². The van der Waals surface area contributed by atoms with Crippen LogP contribution in [0.1, 0.15) is 21.5 Å². The summed E-state index contributed by atoms with van der Waals surface area (Å²) in [7, 11) is 0. The van der Waals surface area contributed by atoms with Gasteiger partial charge >= 0.3 is 5.97 Å². The molecule has 3 aromatic rings. The summed E-state index contributed by atoms with van der Waals surface area (Å²) in [5.74, 6) is -0.549. The SMILES string of the molecule is O=C(Oc1ccc(C=C2SC(=S)N(CCc3ccccc3)C2=O)cc1)c1cccc([N+](=O)[O-])c1. The lowest BCUT2D eigenvalue weighted by atomic mass is 10.1. The predicted molar refractivity (Wildman–Crippen MR) is 135 cm³/mol. The molecule has 0 saturated carbocycles. The molecule has 0 bridgehead atoms. The zero-order valence-corrected chi connectivity index (χ0v) is 19.4. The molecule has 1 amide bonds. The number of carbonyl (C=O) groups is 2. The van der Waals surface area contributed by atoms with Gasteiger partial charge in [-0.05, 0) is 41.8 Å². The maximum atomic E-state index is 12.8. The van der Waals surface area contributed by atoms with Gasteiger partial charge in [-0.1, -0.05) is 72.5 Å². The quantitative estimate of drug-likeness (QED) is 0.111. The summed E-state index contributed by atoms with van der Waals surface area (Å²) < 4.78 is 5.83. The van der Waals surface area contributed by atoms with Gasteiger partial charge in [-0.3, -0.25) is 19.8 Å². The molecule has 0 spiro atoms. The molecular weight excluding hydrogens is 472 g/mol. The molecule has 9 heteroatoms. The lowest BCUT2D eigenvalue weighted by Gasteiger charge is -2.14. The molecule has 7 nitrogen and oxygen atoms in total. The van der Waals surface area contributed by atoms with Crippen LogP contribution in [0.5, 0.6) is 5.75 Å². The van der Waals surface area contributed by atoms with E-state index in [1.165, 1.54) is 30.0 Å². The molecule has 0 atom stereocenters. The summed E-state index contributed by atoms with van der Waals surface area (Å²) in [5.41, 5.74) is 1.78. The Kier molecular flexibility index (Phi) is 7.15. The first-order valence-electron chi connectivity index (χ1n) is 10.3. The summed E-state index contributed by atoms with van der Waals surface area (Å²) in [4.78, 5) is 37.6. The number of thiocarbonyl (C=S) groups is 1. The highest BCUT2D eigenvalue weighted by atomic mass is 32.2. The minimum Gasteiger partial charge on any atom is -0.423 e. The summed E-state index contributed by atoms with van der Waals surface area (Å²) >= 11 is 6.65. The molecule has 0 radical (unpaired) electrons. The number of benzene rings is 3. The second kappa shape index (κ2) is 10.4. The lowest BCUT2D eigenvalue weighted by molar-refractivity contribution is -0.384. The molecule has 1 fully saturated rings. The van der Waals surface area contributed by atoms with Crippen LogP contribution in [0.4, 0.5) is 5.69 Å². The molecule has 3 aromatic carbocycles. The van der Waals surface area contributed by atoms with Crippen molar-refractivity contribution in [3.63, 3.8) is 0 Å². The van der Waals surface area contributed by atoms with E-state index in [2.05, 4.69) is 0 Å². The van der Waals surface area contributed by atoms with E-state index in [1.807, 2.05) is 30.3 Å². The van der Waals surface area contributed by atoms with Crippen molar-refractivity contribution in [3.8, 4) is 5.75 Å². The van der Waals surface area contributed by atoms with Crippen molar-refractivity contribution in [2.45, 2.75) is 6.42 Å². The molecule has 0 unspecified atom stereocenters. The van der Waals surface area contributed by atoms with E-state index in [-0.39, 0.29) is 22.9 Å². The number of ether oxygens (including phenoxy) is 1. The smallest absolute Gasteiger partial charge is 0.343 e. The highest BCUT2D eigenvalue weighted by Crippen LogP contribution is 2.33. The van der Waals surface area contributed by atoms with Gasteiger partial charge in [-0.2, -0.15) is 0 Å². The fourth-order valence-electron chi connectivity index (χ4n) is 3.27. The molecule has 0 aliphatic carbocycles. The number of esters is 1. The maximum absolute atomic E-state index is 12.8. The summed E-state index contributed by atoms with van der Waals surface area (Å²) in [6.45, 7) is 0.512. The number of thioether (sulfide) groups is 1. The third-order valence-electron chi connectivity index (χ3n) is 5.02. The highest BCUT2D eigenvalue weighted by molar-refractivity contribution is 8.26. The number of amides is 1. The number of nitro benzene ring substituents is 1. The molecule has 1 aliphatic rings. The van der Waals surface area contributed by atoms with E-state index in [4.69, 9.17) is 17.0 Å². The Morgan fingerprint density at radius 1 is 1.06 bits per heavy atom. The average Bonchev–Trinajstić information content (AvgIpc) is 3.11. The number of hydrogen-bond donors (Lipinski definition) is 0. The number of nitrogens with zero attached hydrogens (tertiary/aromatic N) is 2. The number of non-ortho nitro benzene ring substituents is 1. The number of hydrogen-bond acceptors (Lipinski definition) is 7. The van der Waals surface area contributed by atoms with E-state index >= 15 is 0 Å². The van der Waals surface area contributed by atoms with Gasteiger partial charge in [0.1, 0.15) is 10.1 Å². The first-order chi connectivity index (χ1) is 16.4. The third-order valence-corrected chi connectivity index (χ3v) is 6.40. The van der Waals surface area contributed by atoms with Crippen molar-refractivity contribution in [1.29, 1.82) is 0 Å². The molecule has 0 N–H and O–H groups in total. The Balaban J connectivity index is 1.40. The Morgan fingerprint density at radius 3 is 2.50 bits per heavy atom. The van der Waals surface area contributed by atoms with Gasteiger partial charge in [0.15, 0.2) is 0 Å². The van der Waals surface area contributed by atoms with Crippen molar-refractivity contribution in [2.75, 3.05) is 6.54 Å². The van der Waals surface area contributed by atoms with Crippen LogP contribution < -0.4 is 4.74 Å². The molecule has 1 saturated heterocycles. The summed E-state index contributed by atoms with van der Waals surface area (Å²) in [5, 5.41) is 10.9. The molecule has 0 aromatic heterocycles. The van der Waals surface area contributed by atoms with Crippen molar-refractivity contribution in [1.82, 2.24) is 4.90 Å². The standard InChI is InChI=1S/C25H18N2O5S2/c28-23-22(34-25(33)26(23)14-13-17-5-2-1-3-6-17)15-18-9-11-21(12-10-18)32-24(29)19-7-4-8-20(16-19)27(30)31/h1-12,15-16H,13-14H2. The Bertz CT molecular complexity index is 1290. The van der Waals surface area contributed by atoms with E-state index in [0.717, 1.165) is 17.2 Å². The van der Waals surface area contributed by atoms with E-state index in [1.54, 1.807) is 35.2 Å². The van der Waals surface area contributed by atoms with Gasteiger partial charge in [0.05, 0.1) is 15.4 Å². The number of carbonyl (C=O) groups excluding carboxylic acids is 2. The third kappa shape index (κ3) is 5.56. The first kappa shape index (κ1) is 23.3. The molecular formula is C25H18N2O5S2. The van der Waals surface area contributed by atoms with Crippen LogP contribution in [0, 0.1) is 10.1 Å². The molecule has 1 aliphatic heterocycles. The number of rotatable bonds is 7. The van der Waals surface area contributed by atoms with E-state index in [9.17, 15) is 19.7 Å².